The number of aliphatic imine (C=N–C) groups is 1. The van der Waals surface area contributed by atoms with Crippen molar-refractivity contribution < 1.29 is 28.6 Å². The molecule has 0 saturated carbocycles. The number of rotatable bonds is 8. The van der Waals surface area contributed by atoms with Gasteiger partial charge in [0, 0.05) is 18.8 Å². The van der Waals surface area contributed by atoms with Gasteiger partial charge in [-0.25, -0.2) is 9.79 Å². The maximum absolute atomic E-state index is 13.4. The molecule has 198 valence electrons. The van der Waals surface area contributed by atoms with Gasteiger partial charge in [-0.3, -0.25) is 9.59 Å². The lowest BCUT2D eigenvalue weighted by Crippen LogP contribution is -2.44. The average molecular weight is 528 g/mol. The first kappa shape index (κ1) is 26.8. The first-order valence-corrected chi connectivity index (χ1v) is 13.4. The van der Waals surface area contributed by atoms with Crippen molar-refractivity contribution >= 4 is 34.8 Å². The normalized spacial score (nSPS) is 21.2. The fourth-order valence-electron chi connectivity index (χ4n) is 4.96. The van der Waals surface area contributed by atoms with Crippen molar-refractivity contribution in [3.63, 3.8) is 0 Å². The highest BCUT2D eigenvalue weighted by Gasteiger charge is 2.42. The average Bonchev–Trinajstić information content (AvgIpc) is 3.33. The van der Waals surface area contributed by atoms with Crippen LogP contribution in [0.4, 0.5) is 0 Å². The molecule has 37 heavy (non-hydrogen) atoms. The predicted octanol–water partition coefficient (Wildman–Crippen LogP) is 4.03. The van der Waals surface area contributed by atoms with Crippen molar-refractivity contribution in [2.45, 2.75) is 45.6 Å². The number of fused-ring (bicyclic) bond motifs is 1. The van der Waals surface area contributed by atoms with E-state index < -0.39 is 12.0 Å². The summed E-state index contributed by atoms with van der Waals surface area (Å²) in [5.41, 5.74) is 2.69. The molecule has 2 atom stereocenters. The van der Waals surface area contributed by atoms with Crippen LogP contribution in [0.25, 0.3) is 0 Å². The molecule has 1 aromatic carbocycles. The number of esters is 2. The van der Waals surface area contributed by atoms with Crippen LogP contribution in [0, 0.1) is 5.92 Å². The zero-order valence-corrected chi connectivity index (χ0v) is 22.5. The molecule has 4 rings (SSSR count). The van der Waals surface area contributed by atoms with Gasteiger partial charge in [-0.1, -0.05) is 30.8 Å². The largest absolute Gasteiger partial charge is 0.497 e. The number of likely N-dealkylation sites (tertiary alicyclic amines) is 1. The fourth-order valence-corrected chi connectivity index (χ4v) is 5.90. The van der Waals surface area contributed by atoms with Crippen LogP contribution in [-0.4, -0.2) is 66.7 Å². The Morgan fingerprint density at radius 2 is 2.00 bits per heavy atom. The van der Waals surface area contributed by atoms with Gasteiger partial charge in [-0.15, -0.1) is 0 Å². The zero-order valence-electron chi connectivity index (χ0n) is 21.7. The number of piperidine rings is 1. The van der Waals surface area contributed by atoms with Gasteiger partial charge in [-0.05, 0) is 49.3 Å². The molecule has 0 spiro atoms. The predicted molar refractivity (Wildman–Crippen MR) is 141 cm³/mol. The molecule has 3 aliphatic rings. The molecule has 1 fully saturated rings. The molecule has 0 bridgehead atoms. The van der Waals surface area contributed by atoms with Crippen LogP contribution in [0.2, 0.25) is 0 Å². The summed E-state index contributed by atoms with van der Waals surface area (Å²) in [5, 5.41) is 2.63. The van der Waals surface area contributed by atoms with E-state index >= 15 is 0 Å². The van der Waals surface area contributed by atoms with Gasteiger partial charge < -0.3 is 24.0 Å². The Balaban J connectivity index is 1.64. The zero-order chi connectivity index (χ0) is 26.5. The summed E-state index contributed by atoms with van der Waals surface area (Å²) < 4.78 is 15.8. The number of carbonyl (C=O) groups excluding carboxylic acids is 3. The van der Waals surface area contributed by atoms with E-state index in [-0.39, 0.29) is 24.2 Å². The van der Waals surface area contributed by atoms with Gasteiger partial charge in [-0.2, -0.15) is 0 Å². The van der Waals surface area contributed by atoms with E-state index in [1.165, 1.54) is 18.9 Å². The quantitative estimate of drug-likeness (QED) is 0.468. The third-order valence-electron chi connectivity index (χ3n) is 6.77. The molecule has 1 saturated heterocycles. The van der Waals surface area contributed by atoms with Gasteiger partial charge in [0.05, 0.1) is 50.5 Å². The SMILES string of the molecule is CCOC(=O)[C@@H]1CCCN(C(=O)CC2=CSC3=NC(CC)=C(C(=O)OC)[C@@H](c4cccc(OC)c4)N23)C1. The van der Waals surface area contributed by atoms with Gasteiger partial charge in [0.25, 0.3) is 0 Å². The lowest BCUT2D eigenvalue weighted by atomic mass is 9.92. The highest BCUT2D eigenvalue weighted by molar-refractivity contribution is 8.16. The number of ether oxygens (including phenoxy) is 3. The number of amides is 1. The molecule has 1 aromatic rings. The van der Waals surface area contributed by atoms with Gasteiger partial charge in [0.2, 0.25) is 5.91 Å². The highest BCUT2D eigenvalue weighted by atomic mass is 32.2. The molecular formula is C27H33N3O6S. The van der Waals surface area contributed by atoms with Crippen LogP contribution in [-0.2, 0) is 23.9 Å². The first-order valence-electron chi connectivity index (χ1n) is 12.5. The molecular weight excluding hydrogens is 494 g/mol. The standard InChI is InChI=1S/C27H33N3O6S/c1-5-21-23(26(33)35-4)24(17-9-7-11-20(13-17)34-3)30-19(16-37-27(30)28-21)14-22(31)29-12-8-10-18(15-29)25(32)36-6-2/h7,9,11,13,16,18,24H,5-6,8,10,12,14-15H2,1-4H3/t18-,24-/m1/s1. The molecule has 1 amide bonds. The van der Waals surface area contributed by atoms with E-state index in [4.69, 9.17) is 19.2 Å². The Morgan fingerprint density at radius 1 is 1.19 bits per heavy atom. The summed E-state index contributed by atoms with van der Waals surface area (Å²) in [7, 11) is 2.96. The Morgan fingerprint density at radius 3 is 2.70 bits per heavy atom. The van der Waals surface area contributed by atoms with Gasteiger partial charge >= 0.3 is 11.9 Å². The second kappa shape index (κ2) is 11.9. The monoisotopic (exact) mass is 527 g/mol. The number of thioether (sulfide) groups is 1. The summed E-state index contributed by atoms with van der Waals surface area (Å²) in [5.74, 6) is -0.420. The van der Waals surface area contributed by atoms with Crippen LogP contribution in [0.1, 0.15) is 51.1 Å². The summed E-state index contributed by atoms with van der Waals surface area (Å²) in [4.78, 5) is 47.2. The number of nitrogens with zero attached hydrogens (tertiary/aromatic N) is 3. The fraction of sp³-hybridized carbons (Fsp3) is 0.481. The van der Waals surface area contributed by atoms with Crippen molar-refractivity contribution in [1.82, 2.24) is 9.80 Å². The number of carbonyl (C=O) groups is 3. The lowest BCUT2D eigenvalue weighted by molar-refractivity contribution is -0.151. The van der Waals surface area contributed by atoms with Crippen molar-refractivity contribution in [3.8, 4) is 5.75 Å². The smallest absolute Gasteiger partial charge is 0.338 e. The Labute approximate surface area is 221 Å². The van der Waals surface area contributed by atoms with Gasteiger partial charge in [0.15, 0.2) is 5.17 Å². The Bertz CT molecular complexity index is 1160. The highest BCUT2D eigenvalue weighted by Crippen LogP contribution is 2.46. The van der Waals surface area contributed by atoms with E-state index in [0.29, 0.717) is 48.3 Å². The summed E-state index contributed by atoms with van der Waals surface area (Å²) >= 11 is 1.44. The maximum Gasteiger partial charge on any atom is 0.338 e. The van der Waals surface area contributed by atoms with E-state index in [2.05, 4.69) is 0 Å². The maximum atomic E-state index is 13.4. The number of allylic oxidation sites excluding steroid dienone is 1. The molecule has 0 unspecified atom stereocenters. The third kappa shape index (κ3) is 5.53. The number of methoxy groups -OCH3 is 2. The molecule has 0 radical (unpaired) electrons. The van der Waals surface area contributed by atoms with E-state index in [1.54, 1.807) is 18.9 Å². The number of amidine groups is 1. The number of benzene rings is 1. The molecule has 0 aromatic heterocycles. The van der Waals surface area contributed by atoms with Crippen LogP contribution in [0.15, 0.2) is 51.6 Å². The Hall–Kier alpha value is -3.27. The van der Waals surface area contributed by atoms with Crippen LogP contribution in [0.5, 0.6) is 5.75 Å². The van der Waals surface area contributed by atoms with Crippen molar-refractivity contribution in [2.75, 3.05) is 33.9 Å². The number of hydrogen-bond donors (Lipinski definition) is 0. The first-order chi connectivity index (χ1) is 17.9. The lowest BCUT2D eigenvalue weighted by Gasteiger charge is -2.37. The Kier molecular flexibility index (Phi) is 8.58. The van der Waals surface area contributed by atoms with Crippen molar-refractivity contribution in [2.24, 2.45) is 10.9 Å². The molecule has 0 N–H and O–H groups in total. The van der Waals surface area contributed by atoms with Crippen LogP contribution in [0.3, 0.4) is 0 Å². The van der Waals surface area contributed by atoms with Crippen LogP contribution < -0.4 is 4.74 Å². The molecule has 3 aliphatic heterocycles. The molecule has 0 aliphatic carbocycles. The summed E-state index contributed by atoms with van der Waals surface area (Å²) in [6.07, 6.45) is 2.15. The minimum absolute atomic E-state index is 0.0728. The van der Waals surface area contributed by atoms with Gasteiger partial charge in [0.1, 0.15) is 5.75 Å². The minimum atomic E-state index is -0.521. The molecule has 10 heteroatoms. The van der Waals surface area contributed by atoms with Crippen molar-refractivity contribution in [1.29, 1.82) is 0 Å². The number of hydrogen-bond acceptors (Lipinski definition) is 9. The second-order valence-electron chi connectivity index (χ2n) is 8.98. The van der Waals surface area contributed by atoms with E-state index in [0.717, 1.165) is 24.1 Å². The van der Waals surface area contributed by atoms with Crippen molar-refractivity contribution in [3.05, 3.63) is 52.2 Å². The third-order valence-corrected chi connectivity index (χ3v) is 7.65. The minimum Gasteiger partial charge on any atom is -0.497 e. The van der Waals surface area contributed by atoms with E-state index in [9.17, 15) is 14.4 Å². The summed E-state index contributed by atoms with van der Waals surface area (Å²) in [6.45, 7) is 5.01. The summed E-state index contributed by atoms with van der Waals surface area (Å²) in [6, 6.07) is 7.03. The second-order valence-corrected chi connectivity index (χ2v) is 9.82. The molecule has 3 heterocycles. The topological polar surface area (TPSA) is 97.7 Å². The van der Waals surface area contributed by atoms with Crippen LogP contribution >= 0.6 is 11.8 Å². The molecule has 9 nitrogen and oxygen atoms in total. The van der Waals surface area contributed by atoms with E-state index in [1.807, 2.05) is 41.5 Å².